The maximum atomic E-state index is 13.2. The predicted molar refractivity (Wildman–Crippen MR) is 114 cm³/mol. The highest BCUT2D eigenvalue weighted by Crippen LogP contribution is 2.13. The van der Waals surface area contributed by atoms with Crippen LogP contribution in [0.25, 0.3) is 0 Å². The number of benzene rings is 2. The Morgan fingerprint density at radius 1 is 1.00 bits per heavy atom. The first-order chi connectivity index (χ1) is 13.5. The van der Waals surface area contributed by atoms with Crippen LogP contribution in [0.1, 0.15) is 43.4 Å². The molecule has 0 unspecified atom stereocenters. The van der Waals surface area contributed by atoms with Crippen LogP contribution in [0.5, 0.6) is 0 Å². The molecule has 150 valence electrons. The van der Waals surface area contributed by atoms with Gasteiger partial charge in [-0.15, -0.1) is 0 Å². The number of rotatable bonds is 10. The molecule has 0 aliphatic rings. The van der Waals surface area contributed by atoms with E-state index in [0.717, 1.165) is 24.0 Å². The molecule has 1 N–H and O–H groups in total. The highest BCUT2D eigenvalue weighted by atomic mass is 16.2. The Labute approximate surface area is 169 Å². The van der Waals surface area contributed by atoms with E-state index < -0.39 is 6.04 Å². The molecule has 0 fully saturated rings. The van der Waals surface area contributed by atoms with Gasteiger partial charge in [0.1, 0.15) is 6.04 Å². The van der Waals surface area contributed by atoms with Crippen LogP contribution in [0.4, 0.5) is 0 Å². The fourth-order valence-corrected chi connectivity index (χ4v) is 3.36. The van der Waals surface area contributed by atoms with Crippen molar-refractivity contribution in [2.45, 2.75) is 52.5 Å². The van der Waals surface area contributed by atoms with Gasteiger partial charge in [0.2, 0.25) is 11.8 Å². The van der Waals surface area contributed by atoms with Crippen molar-refractivity contribution < 1.29 is 9.59 Å². The monoisotopic (exact) mass is 380 g/mol. The second kappa shape index (κ2) is 11.3. The van der Waals surface area contributed by atoms with Gasteiger partial charge in [0, 0.05) is 13.1 Å². The number of aryl methyl sites for hydroxylation is 1. The first-order valence-electron chi connectivity index (χ1n) is 10.2. The third-order valence-electron chi connectivity index (χ3n) is 4.86. The SMILES string of the molecule is CCCNC(=O)[C@H](CC)N(CCc1ccccc1)C(=O)Cc1cccc(C)c1. The number of carbonyl (C=O) groups excluding carboxylic acids is 2. The molecule has 1 atom stereocenters. The van der Waals surface area contributed by atoms with E-state index in [4.69, 9.17) is 0 Å². The minimum Gasteiger partial charge on any atom is -0.354 e. The number of amides is 2. The van der Waals surface area contributed by atoms with Crippen molar-refractivity contribution in [1.82, 2.24) is 10.2 Å². The molecule has 0 heterocycles. The van der Waals surface area contributed by atoms with Gasteiger partial charge in [-0.05, 0) is 37.3 Å². The summed E-state index contributed by atoms with van der Waals surface area (Å²) < 4.78 is 0. The minimum absolute atomic E-state index is 0.0000274. The van der Waals surface area contributed by atoms with E-state index in [-0.39, 0.29) is 11.8 Å². The molecular formula is C24H32N2O2. The second-order valence-electron chi connectivity index (χ2n) is 7.20. The molecule has 0 saturated heterocycles. The van der Waals surface area contributed by atoms with Crippen molar-refractivity contribution in [3.05, 3.63) is 71.3 Å². The third-order valence-corrected chi connectivity index (χ3v) is 4.86. The van der Waals surface area contributed by atoms with Crippen LogP contribution in [0.3, 0.4) is 0 Å². The molecule has 0 aromatic heterocycles. The largest absolute Gasteiger partial charge is 0.354 e. The smallest absolute Gasteiger partial charge is 0.242 e. The van der Waals surface area contributed by atoms with E-state index in [1.165, 1.54) is 5.56 Å². The normalized spacial score (nSPS) is 11.7. The third kappa shape index (κ3) is 6.52. The van der Waals surface area contributed by atoms with E-state index in [9.17, 15) is 9.59 Å². The fourth-order valence-electron chi connectivity index (χ4n) is 3.36. The second-order valence-corrected chi connectivity index (χ2v) is 7.20. The summed E-state index contributed by atoms with van der Waals surface area (Å²) in [4.78, 5) is 27.6. The van der Waals surface area contributed by atoms with Crippen molar-refractivity contribution in [3.8, 4) is 0 Å². The number of nitrogens with zero attached hydrogens (tertiary/aromatic N) is 1. The van der Waals surface area contributed by atoms with Gasteiger partial charge in [0.25, 0.3) is 0 Å². The predicted octanol–water partition coefficient (Wildman–Crippen LogP) is 3.91. The van der Waals surface area contributed by atoms with Gasteiger partial charge in [0.15, 0.2) is 0 Å². The first kappa shape index (κ1) is 21.7. The molecule has 2 aromatic carbocycles. The lowest BCUT2D eigenvalue weighted by Gasteiger charge is -2.30. The molecule has 0 spiro atoms. The summed E-state index contributed by atoms with van der Waals surface area (Å²) in [6.07, 6.45) is 2.53. The lowest BCUT2D eigenvalue weighted by atomic mass is 10.0. The Morgan fingerprint density at radius 3 is 2.36 bits per heavy atom. The summed E-state index contributed by atoms with van der Waals surface area (Å²) in [6.45, 7) is 7.18. The van der Waals surface area contributed by atoms with E-state index in [1.807, 2.05) is 63.2 Å². The Morgan fingerprint density at radius 2 is 1.71 bits per heavy atom. The maximum absolute atomic E-state index is 13.2. The first-order valence-corrected chi connectivity index (χ1v) is 10.2. The molecule has 2 rings (SSSR count). The van der Waals surface area contributed by atoms with Crippen LogP contribution < -0.4 is 5.32 Å². The lowest BCUT2D eigenvalue weighted by Crippen LogP contribution is -2.50. The zero-order chi connectivity index (χ0) is 20.4. The molecule has 28 heavy (non-hydrogen) atoms. The van der Waals surface area contributed by atoms with Crippen LogP contribution in [0.15, 0.2) is 54.6 Å². The summed E-state index contributed by atoms with van der Waals surface area (Å²) in [7, 11) is 0. The molecule has 0 aliphatic carbocycles. The molecule has 2 aromatic rings. The summed E-state index contributed by atoms with van der Waals surface area (Å²) in [5.41, 5.74) is 3.28. The van der Waals surface area contributed by atoms with E-state index in [2.05, 4.69) is 17.4 Å². The van der Waals surface area contributed by atoms with Gasteiger partial charge < -0.3 is 10.2 Å². The number of hydrogen-bond donors (Lipinski definition) is 1. The Bertz CT molecular complexity index is 758. The van der Waals surface area contributed by atoms with Crippen molar-refractivity contribution in [2.24, 2.45) is 0 Å². The number of nitrogens with one attached hydrogen (secondary N) is 1. The van der Waals surface area contributed by atoms with Crippen LogP contribution in [-0.4, -0.2) is 35.8 Å². The van der Waals surface area contributed by atoms with Crippen LogP contribution in [0.2, 0.25) is 0 Å². The highest BCUT2D eigenvalue weighted by molar-refractivity contribution is 5.88. The molecular weight excluding hydrogens is 348 g/mol. The molecule has 0 radical (unpaired) electrons. The zero-order valence-corrected chi connectivity index (χ0v) is 17.3. The van der Waals surface area contributed by atoms with E-state index >= 15 is 0 Å². The van der Waals surface area contributed by atoms with Gasteiger partial charge in [-0.3, -0.25) is 9.59 Å². The molecule has 0 bridgehead atoms. The lowest BCUT2D eigenvalue weighted by molar-refractivity contribution is -0.140. The van der Waals surface area contributed by atoms with Crippen LogP contribution in [-0.2, 0) is 22.4 Å². The van der Waals surface area contributed by atoms with Crippen molar-refractivity contribution in [2.75, 3.05) is 13.1 Å². The quantitative estimate of drug-likeness (QED) is 0.679. The van der Waals surface area contributed by atoms with Gasteiger partial charge in [-0.25, -0.2) is 0 Å². The molecule has 4 nitrogen and oxygen atoms in total. The molecule has 4 heteroatoms. The number of hydrogen-bond acceptors (Lipinski definition) is 2. The van der Waals surface area contributed by atoms with E-state index in [1.54, 1.807) is 4.90 Å². The minimum atomic E-state index is -0.437. The summed E-state index contributed by atoms with van der Waals surface area (Å²) in [6, 6.07) is 17.7. The van der Waals surface area contributed by atoms with Gasteiger partial charge in [-0.2, -0.15) is 0 Å². The summed E-state index contributed by atoms with van der Waals surface area (Å²) in [5, 5.41) is 2.96. The average molecular weight is 381 g/mol. The van der Waals surface area contributed by atoms with Crippen molar-refractivity contribution >= 4 is 11.8 Å². The summed E-state index contributed by atoms with van der Waals surface area (Å²) in [5.74, 6) is -0.0602. The van der Waals surface area contributed by atoms with Crippen LogP contribution >= 0.6 is 0 Å². The van der Waals surface area contributed by atoms with E-state index in [0.29, 0.717) is 25.9 Å². The Kier molecular flexibility index (Phi) is 8.73. The van der Waals surface area contributed by atoms with Crippen molar-refractivity contribution in [1.29, 1.82) is 0 Å². The summed E-state index contributed by atoms with van der Waals surface area (Å²) >= 11 is 0. The van der Waals surface area contributed by atoms with Gasteiger partial charge in [-0.1, -0.05) is 74.0 Å². The van der Waals surface area contributed by atoms with Gasteiger partial charge in [0.05, 0.1) is 6.42 Å². The van der Waals surface area contributed by atoms with Crippen LogP contribution in [0, 0.1) is 6.92 Å². The fraction of sp³-hybridized carbons (Fsp3) is 0.417. The van der Waals surface area contributed by atoms with Crippen molar-refractivity contribution in [3.63, 3.8) is 0 Å². The molecule has 0 aliphatic heterocycles. The Balaban J connectivity index is 2.17. The zero-order valence-electron chi connectivity index (χ0n) is 17.3. The topological polar surface area (TPSA) is 49.4 Å². The Hall–Kier alpha value is -2.62. The highest BCUT2D eigenvalue weighted by Gasteiger charge is 2.28. The molecule has 0 saturated carbocycles. The average Bonchev–Trinajstić information content (AvgIpc) is 2.70. The molecule has 2 amide bonds. The maximum Gasteiger partial charge on any atom is 0.242 e. The number of carbonyl (C=O) groups is 2. The standard InChI is InChI=1S/C24H32N2O2/c1-4-15-25-24(28)22(5-2)26(16-14-20-11-7-6-8-12-20)23(27)18-21-13-9-10-19(3)17-21/h6-13,17,22H,4-5,14-16,18H2,1-3H3,(H,25,28)/t22-/m0/s1. The van der Waals surface area contributed by atoms with Gasteiger partial charge >= 0.3 is 0 Å².